The van der Waals surface area contributed by atoms with Crippen molar-refractivity contribution >= 4 is 21.6 Å². The third-order valence-corrected chi connectivity index (χ3v) is 6.82. The molecule has 1 aliphatic heterocycles. The average molecular weight is 387 g/mol. The summed E-state index contributed by atoms with van der Waals surface area (Å²) in [6.07, 6.45) is 3.59. The van der Waals surface area contributed by atoms with Gasteiger partial charge in [0.15, 0.2) is 0 Å². The van der Waals surface area contributed by atoms with E-state index in [1.54, 1.807) is 30.1 Å². The summed E-state index contributed by atoms with van der Waals surface area (Å²) >= 11 is 0. The number of aryl methyl sites for hydroxylation is 1. The van der Waals surface area contributed by atoms with Crippen LogP contribution in [0.2, 0.25) is 0 Å². The highest BCUT2D eigenvalue weighted by atomic mass is 32.2. The van der Waals surface area contributed by atoms with E-state index in [1.807, 2.05) is 31.2 Å². The lowest BCUT2D eigenvalue weighted by molar-refractivity contribution is 0.0985. The van der Waals surface area contributed by atoms with Gasteiger partial charge in [0.2, 0.25) is 10.0 Å². The minimum Gasteiger partial charge on any atom is -0.308 e. The number of unbranched alkanes of at least 4 members (excludes halogenated alkanes) is 1. The van der Waals surface area contributed by atoms with Crippen molar-refractivity contribution in [1.82, 2.24) is 4.31 Å². The first-order valence-corrected chi connectivity index (χ1v) is 10.9. The highest BCUT2D eigenvalue weighted by Crippen LogP contribution is 2.28. The maximum Gasteiger partial charge on any atom is 0.258 e. The number of sulfonamides is 1. The van der Waals surface area contributed by atoms with E-state index in [-0.39, 0.29) is 10.8 Å². The molecule has 0 N–H and O–H groups in total. The Kier molecular flexibility index (Phi) is 5.97. The number of nitrogens with zero attached hydrogens (tertiary/aromatic N) is 2. The van der Waals surface area contributed by atoms with Crippen LogP contribution in [0.25, 0.3) is 0 Å². The minimum absolute atomic E-state index is 0.157. The molecule has 0 atom stereocenters. The van der Waals surface area contributed by atoms with E-state index >= 15 is 0 Å². The van der Waals surface area contributed by atoms with Gasteiger partial charge < -0.3 is 4.90 Å². The van der Waals surface area contributed by atoms with Crippen molar-refractivity contribution < 1.29 is 13.2 Å². The van der Waals surface area contributed by atoms with E-state index < -0.39 is 10.0 Å². The summed E-state index contributed by atoms with van der Waals surface area (Å²) in [6.45, 7) is 3.13. The van der Waals surface area contributed by atoms with Crippen LogP contribution < -0.4 is 4.90 Å². The van der Waals surface area contributed by atoms with Crippen molar-refractivity contribution in [3.8, 4) is 0 Å². The number of carbonyl (C=O) groups is 1. The maximum atomic E-state index is 13.1. The normalized spacial score (nSPS) is 14.3. The van der Waals surface area contributed by atoms with Crippen molar-refractivity contribution in [1.29, 1.82) is 0 Å². The molecule has 0 aliphatic carbocycles. The zero-order chi connectivity index (χ0) is 19.4. The van der Waals surface area contributed by atoms with Gasteiger partial charge in [-0.05, 0) is 49.1 Å². The molecule has 1 heterocycles. The average Bonchev–Trinajstić information content (AvgIpc) is 2.71. The van der Waals surface area contributed by atoms with Crippen LogP contribution in [0.4, 0.5) is 5.69 Å². The van der Waals surface area contributed by atoms with E-state index in [4.69, 9.17) is 0 Å². The Bertz CT molecular complexity index is 925. The number of para-hydroxylation sites is 1. The van der Waals surface area contributed by atoms with Crippen molar-refractivity contribution in [3.63, 3.8) is 0 Å². The molecule has 5 nitrogen and oxygen atoms in total. The van der Waals surface area contributed by atoms with Crippen molar-refractivity contribution in [2.45, 2.75) is 37.5 Å². The lowest BCUT2D eigenvalue weighted by Crippen LogP contribution is -2.35. The number of hydrogen-bond donors (Lipinski definition) is 0. The van der Waals surface area contributed by atoms with Gasteiger partial charge in [0.1, 0.15) is 0 Å². The number of anilines is 1. The molecule has 0 saturated carbocycles. The van der Waals surface area contributed by atoms with Crippen LogP contribution in [0.3, 0.4) is 0 Å². The van der Waals surface area contributed by atoms with Crippen LogP contribution in [-0.4, -0.2) is 38.8 Å². The first kappa shape index (κ1) is 19.6. The quantitative estimate of drug-likeness (QED) is 0.761. The number of carbonyl (C=O) groups excluding carboxylic acids is 1. The van der Waals surface area contributed by atoms with E-state index in [0.29, 0.717) is 18.7 Å². The fraction of sp³-hybridized carbons (Fsp3) is 0.381. The van der Waals surface area contributed by atoms with Crippen molar-refractivity contribution in [2.75, 3.05) is 25.0 Å². The lowest BCUT2D eigenvalue weighted by Gasteiger charge is -2.29. The van der Waals surface area contributed by atoms with Gasteiger partial charge in [-0.2, -0.15) is 0 Å². The molecule has 0 fully saturated rings. The monoisotopic (exact) mass is 386 g/mol. The van der Waals surface area contributed by atoms with Crippen molar-refractivity contribution in [3.05, 3.63) is 59.7 Å². The van der Waals surface area contributed by atoms with Crippen LogP contribution in [-0.2, 0) is 16.4 Å². The Labute approximate surface area is 161 Å². The van der Waals surface area contributed by atoms with Crippen LogP contribution >= 0.6 is 0 Å². The summed E-state index contributed by atoms with van der Waals surface area (Å²) in [5, 5.41) is 0. The molecule has 0 aromatic heterocycles. The molecular formula is C21H26N2O3S. The first-order chi connectivity index (χ1) is 12.9. The van der Waals surface area contributed by atoms with E-state index in [2.05, 4.69) is 0 Å². The van der Waals surface area contributed by atoms with Gasteiger partial charge in [0.05, 0.1) is 4.90 Å². The molecule has 0 radical (unpaired) electrons. The van der Waals surface area contributed by atoms with Gasteiger partial charge >= 0.3 is 0 Å². The number of amides is 1. The number of rotatable bonds is 6. The summed E-state index contributed by atoms with van der Waals surface area (Å²) in [5.74, 6) is -0.157. The fourth-order valence-electron chi connectivity index (χ4n) is 3.37. The lowest BCUT2D eigenvalue weighted by atomic mass is 10.0. The summed E-state index contributed by atoms with van der Waals surface area (Å²) in [4.78, 5) is 15.0. The molecule has 1 amide bonds. The van der Waals surface area contributed by atoms with Gasteiger partial charge in [-0.25, -0.2) is 12.7 Å². The zero-order valence-corrected chi connectivity index (χ0v) is 16.7. The Hall–Kier alpha value is -2.18. The molecule has 27 heavy (non-hydrogen) atoms. The number of fused-ring (bicyclic) bond motifs is 1. The number of benzene rings is 2. The van der Waals surface area contributed by atoms with E-state index in [9.17, 15) is 13.2 Å². The summed E-state index contributed by atoms with van der Waals surface area (Å²) in [7, 11) is -2.01. The standard InChI is InChI=1S/C21H26N2O3S/c1-3-4-14-22(2)27(25,26)19-12-7-10-18(16-19)21(24)23-15-8-11-17-9-5-6-13-20(17)23/h5-7,9-10,12-13,16H,3-4,8,11,14-15H2,1-2H3. The third-order valence-electron chi connectivity index (χ3n) is 4.97. The maximum absolute atomic E-state index is 13.1. The Morgan fingerprint density at radius 2 is 1.93 bits per heavy atom. The van der Waals surface area contributed by atoms with Crippen LogP contribution in [0.15, 0.2) is 53.4 Å². The highest BCUT2D eigenvalue weighted by molar-refractivity contribution is 7.89. The Morgan fingerprint density at radius 3 is 2.70 bits per heavy atom. The smallest absolute Gasteiger partial charge is 0.258 e. The number of hydrogen-bond acceptors (Lipinski definition) is 3. The largest absolute Gasteiger partial charge is 0.308 e. The van der Waals surface area contributed by atoms with Gasteiger partial charge in [-0.1, -0.05) is 37.6 Å². The summed E-state index contributed by atoms with van der Waals surface area (Å²) < 4.78 is 26.9. The first-order valence-electron chi connectivity index (χ1n) is 9.41. The van der Waals surface area contributed by atoms with E-state index in [1.165, 1.54) is 10.4 Å². The second-order valence-corrected chi connectivity index (χ2v) is 8.94. The third kappa shape index (κ3) is 4.06. The molecule has 6 heteroatoms. The predicted molar refractivity (Wildman–Crippen MR) is 108 cm³/mol. The topological polar surface area (TPSA) is 57.7 Å². The SMILES string of the molecule is CCCCN(C)S(=O)(=O)c1cccc(C(=O)N2CCCc3ccccc32)c1. The van der Waals surface area contributed by atoms with Crippen LogP contribution in [0.5, 0.6) is 0 Å². The molecule has 2 aromatic rings. The van der Waals surface area contributed by atoms with Gasteiger partial charge in [-0.15, -0.1) is 0 Å². The van der Waals surface area contributed by atoms with Gasteiger partial charge in [0, 0.05) is 31.4 Å². The fourth-order valence-corrected chi connectivity index (χ4v) is 4.63. The summed E-state index contributed by atoms with van der Waals surface area (Å²) in [5.41, 5.74) is 2.47. The second-order valence-electron chi connectivity index (χ2n) is 6.90. The Morgan fingerprint density at radius 1 is 1.15 bits per heavy atom. The second kappa shape index (κ2) is 8.23. The van der Waals surface area contributed by atoms with Crippen LogP contribution in [0, 0.1) is 0 Å². The molecule has 144 valence electrons. The molecule has 0 spiro atoms. The van der Waals surface area contributed by atoms with Crippen LogP contribution in [0.1, 0.15) is 42.1 Å². The summed E-state index contributed by atoms with van der Waals surface area (Å²) in [6, 6.07) is 14.3. The van der Waals surface area contributed by atoms with Crippen molar-refractivity contribution in [2.24, 2.45) is 0 Å². The van der Waals surface area contributed by atoms with Gasteiger partial charge in [-0.3, -0.25) is 4.79 Å². The molecule has 0 unspecified atom stereocenters. The molecular weight excluding hydrogens is 360 g/mol. The molecule has 0 saturated heterocycles. The minimum atomic E-state index is -3.60. The molecule has 1 aliphatic rings. The predicted octanol–water partition coefficient (Wildman–Crippen LogP) is 3.70. The highest BCUT2D eigenvalue weighted by Gasteiger charge is 2.26. The Balaban J connectivity index is 1.89. The van der Waals surface area contributed by atoms with E-state index in [0.717, 1.165) is 36.9 Å². The zero-order valence-electron chi connectivity index (χ0n) is 15.9. The molecule has 3 rings (SSSR count). The molecule has 2 aromatic carbocycles. The van der Waals surface area contributed by atoms with Gasteiger partial charge in [0.25, 0.3) is 5.91 Å². The molecule has 0 bridgehead atoms.